The van der Waals surface area contributed by atoms with E-state index in [0.29, 0.717) is 23.5 Å². The van der Waals surface area contributed by atoms with Crippen molar-refractivity contribution < 1.29 is 19.1 Å². The zero-order valence-electron chi connectivity index (χ0n) is 16.9. The zero-order chi connectivity index (χ0) is 20.9. The smallest absolute Gasteiger partial charge is 0.338 e. The lowest BCUT2D eigenvalue weighted by Crippen LogP contribution is -2.41. The summed E-state index contributed by atoms with van der Waals surface area (Å²) in [5, 5.41) is 5.56. The Balaban J connectivity index is 2.08. The van der Waals surface area contributed by atoms with E-state index in [-0.39, 0.29) is 0 Å². The van der Waals surface area contributed by atoms with Crippen LogP contribution in [-0.4, -0.2) is 24.4 Å². The third-order valence-corrected chi connectivity index (χ3v) is 4.43. The van der Waals surface area contributed by atoms with Crippen molar-refractivity contribution in [2.75, 3.05) is 17.2 Å². The molecule has 2 amide bonds. The van der Waals surface area contributed by atoms with Gasteiger partial charge in [-0.3, -0.25) is 9.59 Å². The van der Waals surface area contributed by atoms with Gasteiger partial charge in [-0.1, -0.05) is 12.1 Å². The Morgan fingerprint density at radius 1 is 0.929 bits per heavy atom. The van der Waals surface area contributed by atoms with Crippen molar-refractivity contribution in [3.63, 3.8) is 0 Å². The second kappa shape index (κ2) is 8.69. The minimum Gasteiger partial charge on any atom is -0.462 e. The molecule has 2 rings (SSSR count). The molecule has 0 aliphatic rings. The van der Waals surface area contributed by atoms with Gasteiger partial charge in [0.25, 0.3) is 0 Å². The Labute approximate surface area is 165 Å². The predicted octanol–water partition coefficient (Wildman–Crippen LogP) is 4.08. The predicted molar refractivity (Wildman–Crippen MR) is 109 cm³/mol. The number of hydrogen-bond acceptors (Lipinski definition) is 4. The van der Waals surface area contributed by atoms with E-state index in [1.54, 1.807) is 45.0 Å². The quantitative estimate of drug-likeness (QED) is 0.582. The first kappa shape index (κ1) is 21.2. The molecule has 0 fully saturated rings. The van der Waals surface area contributed by atoms with Crippen molar-refractivity contribution in [2.24, 2.45) is 5.41 Å². The van der Waals surface area contributed by atoms with E-state index < -0.39 is 23.2 Å². The van der Waals surface area contributed by atoms with Crippen LogP contribution in [-0.2, 0) is 14.3 Å². The summed E-state index contributed by atoms with van der Waals surface area (Å²) in [6.07, 6.45) is 0. The van der Waals surface area contributed by atoms with Crippen LogP contribution in [0.15, 0.2) is 42.5 Å². The fraction of sp³-hybridized carbons (Fsp3) is 0.318. The molecular formula is C22H26N2O4. The largest absolute Gasteiger partial charge is 0.462 e. The molecule has 0 saturated heterocycles. The number of nitrogens with one attached hydrogen (secondary N) is 2. The van der Waals surface area contributed by atoms with Gasteiger partial charge >= 0.3 is 5.97 Å². The van der Waals surface area contributed by atoms with E-state index in [9.17, 15) is 14.4 Å². The van der Waals surface area contributed by atoms with Crippen LogP contribution in [0.1, 0.15) is 42.3 Å². The molecule has 2 N–H and O–H groups in total. The van der Waals surface area contributed by atoms with E-state index in [2.05, 4.69) is 10.6 Å². The normalized spacial score (nSPS) is 10.9. The number of aryl methyl sites for hydroxylation is 2. The molecule has 0 radical (unpaired) electrons. The van der Waals surface area contributed by atoms with Gasteiger partial charge in [0, 0.05) is 11.4 Å². The monoisotopic (exact) mass is 382 g/mol. The summed E-state index contributed by atoms with van der Waals surface area (Å²) in [5.41, 5.74) is 2.22. The molecule has 0 spiro atoms. The van der Waals surface area contributed by atoms with Gasteiger partial charge in [0.1, 0.15) is 5.41 Å². The lowest BCUT2D eigenvalue weighted by atomic mass is 9.90. The lowest BCUT2D eigenvalue weighted by molar-refractivity contribution is -0.135. The number of benzene rings is 2. The molecule has 28 heavy (non-hydrogen) atoms. The van der Waals surface area contributed by atoms with Crippen LogP contribution in [0.25, 0.3) is 0 Å². The average Bonchev–Trinajstić information content (AvgIpc) is 2.65. The second-order valence-electron chi connectivity index (χ2n) is 7.15. The number of ether oxygens (including phenoxy) is 1. The average molecular weight is 382 g/mol. The van der Waals surface area contributed by atoms with Crippen molar-refractivity contribution in [3.05, 3.63) is 59.2 Å². The third kappa shape index (κ3) is 4.97. The van der Waals surface area contributed by atoms with Crippen molar-refractivity contribution >= 4 is 29.2 Å². The van der Waals surface area contributed by atoms with Gasteiger partial charge in [0.2, 0.25) is 11.8 Å². The first-order valence-corrected chi connectivity index (χ1v) is 9.12. The van der Waals surface area contributed by atoms with Crippen LogP contribution in [0.5, 0.6) is 0 Å². The maximum atomic E-state index is 12.7. The van der Waals surface area contributed by atoms with Gasteiger partial charge in [0.05, 0.1) is 12.2 Å². The van der Waals surface area contributed by atoms with E-state index in [1.165, 1.54) is 0 Å². The summed E-state index contributed by atoms with van der Waals surface area (Å²) in [7, 11) is 0. The number of anilines is 2. The highest BCUT2D eigenvalue weighted by Crippen LogP contribution is 2.24. The van der Waals surface area contributed by atoms with Crippen molar-refractivity contribution in [2.45, 2.75) is 34.6 Å². The molecular weight excluding hydrogens is 356 g/mol. The molecule has 148 valence electrons. The summed E-state index contributed by atoms with van der Waals surface area (Å²) in [4.78, 5) is 37.1. The number of carbonyl (C=O) groups excluding carboxylic acids is 3. The number of hydrogen-bond donors (Lipinski definition) is 2. The van der Waals surface area contributed by atoms with Gasteiger partial charge < -0.3 is 15.4 Å². The van der Waals surface area contributed by atoms with Crippen LogP contribution in [0.2, 0.25) is 0 Å². The molecule has 0 aliphatic heterocycles. The van der Waals surface area contributed by atoms with Crippen LogP contribution < -0.4 is 10.6 Å². The molecule has 2 aromatic rings. The van der Waals surface area contributed by atoms with E-state index in [0.717, 1.165) is 11.1 Å². The Kier molecular flexibility index (Phi) is 6.57. The maximum Gasteiger partial charge on any atom is 0.338 e. The van der Waals surface area contributed by atoms with Crippen molar-refractivity contribution in [1.29, 1.82) is 0 Å². The van der Waals surface area contributed by atoms with Gasteiger partial charge in [-0.15, -0.1) is 0 Å². The van der Waals surface area contributed by atoms with Gasteiger partial charge in [-0.2, -0.15) is 0 Å². The summed E-state index contributed by atoms with van der Waals surface area (Å²) >= 11 is 0. The summed E-state index contributed by atoms with van der Waals surface area (Å²) < 4.78 is 4.93. The fourth-order valence-corrected chi connectivity index (χ4v) is 2.44. The molecule has 6 heteroatoms. The molecule has 0 heterocycles. The Hall–Kier alpha value is -3.15. The SMILES string of the molecule is CCOC(=O)c1ccc(NC(=O)C(C)(C)C(=O)Nc2cc(C)ccc2C)cc1. The molecule has 0 aromatic heterocycles. The molecule has 0 saturated carbocycles. The number of carbonyl (C=O) groups is 3. The minimum atomic E-state index is -1.30. The van der Waals surface area contributed by atoms with Crippen LogP contribution in [0, 0.1) is 19.3 Å². The van der Waals surface area contributed by atoms with Crippen LogP contribution in [0.4, 0.5) is 11.4 Å². The standard InChI is InChI=1S/C22H26N2O4/c1-6-28-19(25)16-9-11-17(12-10-16)23-20(26)22(4,5)21(27)24-18-13-14(2)7-8-15(18)3/h7-13H,6H2,1-5H3,(H,23,26)(H,24,27). The van der Waals surface area contributed by atoms with Gasteiger partial charge in [-0.25, -0.2) is 4.79 Å². The highest BCUT2D eigenvalue weighted by atomic mass is 16.5. The number of esters is 1. The highest BCUT2D eigenvalue weighted by Gasteiger charge is 2.36. The van der Waals surface area contributed by atoms with Crippen molar-refractivity contribution in [1.82, 2.24) is 0 Å². The second-order valence-corrected chi connectivity index (χ2v) is 7.15. The Morgan fingerprint density at radius 3 is 2.14 bits per heavy atom. The van der Waals surface area contributed by atoms with Gasteiger partial charge in [-0.05, 0) is 76.1 Å². The highest BCUT2D eigenvalue weighted by molar-refractivity contribution is 6.14. The Morgan fingerprint density at radius 2 is 1.54 bits per heavy atom. The van der Waals surface area contributed by atoms with Crippen molar-refractivity contribution in [3.8, 4) is 0 Å². The van der Waals surface area contributed by atoms with Crippen LogP contribution in [0.3, 0.4) is 0 Å². The summed E-state index contributed by atoms with van der Waals surface area (Å²) in [6.45, 7) is 8.99. The first-order valence-electron chi connectivity index (χ1n) is 9.12. The molecule has 6 nitrogen and oxygen atoms in total. The number of rotatable bonds is 6. The van der Waals surface area contributed by atoms with E-state index in [1.807, 2.05) is 32.0 Å². The molecule has 0 bridgehead atoms. The third-order valence-electron chi connectivity index (χ3n) is 4.43. The molecule has 0 atom stereocenters. The summed E-state index contributed by atoms with van der Waals surface area (Å²) in [5.74, 6) is -1.27. The first-order chi connectivity index (χ1) is 13.1. The molecule has 0 aliphatic carbocycles. The fourth-order valence-electron chi connectivity index (χ4n) is 2.44. The van der Waals surface area contributed by atoms with E-state index in [4.69, 9.17) is 4.74 Å². The minimum absolute atomic E-state index is 0.293. The zero-order valence-corrected chi connectivity index (χ0v) is 16.9. The Bertz CT molecular complexity index is 886. The summed E-state index contributed by atoms with van der Waals surface area (Å²) in [6, 6.07) is 12.1. The van der Waals surface area contributed by atoms with Crippen LogP contribution >= 0.6 is 0 Å². The topological polar surface area (TPSA) is 84.5 Å². The molecule has 2 aromatic carbocycles. The van der Waals surface area contributed by atoms with Gasteiger partial charge in [0.15, 0.2) is 0 Å². The number of amides is 2. The van der Waals surface area contributed by atoms with E-state index >= 15 is 0 Å². The molecule has 0 unspecified atom stereocenters. The lowest BCUT2D eigenvalue weighted by Gasteiger charge is -2.23. The maximum absolute atomic E-state index is 12.7.